The summed E-state index contributed by atoms with van der Waals surface area (Å²) in [6, 6.07) is 9.29. The number of guanidine groups is 1. The van der Waals surface area contributed by atoms with Crippen LogP contribution in [0.2, 0.25) is 0 Å². The zero-order valence-electron chi connectivity index (χ0n) is 18.3. The molecule has 2 aliphatic rings. The van der Waals surface area contributed by atoms with Crippen LogP contribution in [-0.2, 0) is 19.4 Å². The second-order valence-corrected chi connectivity index (χ2v) is 8.82. The molecule has 0 saturated carbocycles. The van der Waals surface area contributed by atoms with Crippen LogP contribution in [0.5, 0.6) is 0 Å². The molecule has 1 aromatic heterocycles. The van der Waals surface area contributed by atoms with Gasteiger partial charge in [-0.05, 0) is 24.5 Å². The molecule has 1 fully saturated rings. The molecule has 3 heterocycles. The van der Waals surface area contributed by atoms with Gasteiger partial charge in [-0.2, -0.15) is 4.37 Å². The molecule has 8 heteroatoms. The molecule has 30 heavy (non-hydrogen) atoms. The van der Waals surface area contributed by atoms with E-state index in [1.165, 1.54) is 22.7 Å². The van der Waals surface area contributed by atoms with Gasteiger partial charge in [-0.1, -0.05) is 31.2 Å². The van der Waals surface area contributed by atoms with Gasteiger partial charge in [0, 0.05) is 76.9 Å². The van der Waals surface area contributed by atoms with Crippen molar-refractivity contribution >= 4 is 22.6 Å². The van der Waals surface area contributed by atoms with Crippen molar-refractivity contribution < 1.29 is 0 Å². The summed E-state index contributed by atoms with van der Waals surface area (Å²) in [6.07, 6.45) is 2.04. The third kappa shape index (κ3) is 4.75. The van der Waals surface area contributed by atoms with Crippen LogP contribution >= 0.6 is 11.5 Å². The first-order valence-corrected chi connectivity index (χ1v) is 11.8. The van der Waals surface area contributed by atoms with Gasteiger partial charge in [0.05, 0.1) is 0 Å². The van der Waals surface area contributed by atoms with Crippen LogP contribution in [0.15, 0.2) is 29.3 Å². The normalized spacial score (nSPS) is 19.0. The maximum atomic E-state index is 4.63. The summed E-state index contributed by atoms with van der Waals surface area (Å²) in [5, 5.41) is 4.67. The third-order valence-corrected chi connectivity index (χ3v) is 6.99. The van der Waals surface area contributed by atoms with Gasteiger partial charge in [-0.15, -0.1) is 0 Å². The quantitative estimate of drug-likeness (QED) is 0.583. The molecule has 0 spiro atoms. The minimum absolute atomic E-state index is 0.463. The smallest absolute Gasteiger partial charge is 0.205 e. The van der Waals surface area contributed by atoms with Gasteiger partial charge in [-0.25, -0.2) is 4.98 Å². The van der Waals surface area contributed by atoms with E-state index in [4.69, 9.17) is 0 Å². The average molecular weight is 428 g/mol. The summed E-state index contributed by atoms with van der Waals surface area (Å²) in [6.45, 7) is 11.3. The van der Waals surface area contributed by atoms with Crippen molar-refractivity contribution in [1.29, 1.82) is 0 Å². The Kier molecular flexibility index (Phi) is 6.84. The number of benzene rings is 1. The maximum Gasteiger partial charge on any atom is 0.205 e. The van der Waals surface area contributed by atoms with Gasteiger partial charge in [0.25, 0.3) is 0 Å². The molecule has 2 aliphatic heterocycles. The fourth-order valence-corrected chi connectivity index (χ4v) is 5.02. The van der Waals surface area contributed by atoms with E-state index in [0.29, 0.717) is 6.04 Å². The highest BCUT2D eigenvalue weighted by Crippen LogP contribution is 2.21. The Morgan fingerprint density at radius 2 is 1.93 bits per heavy atom. The zero-order chi connectivity index (χ0) is 20.9. The van der Waals surface area contributed by atoms with Crippen LogP contribution in [0, 0.1) is 0 Å². The first kappa shape index (κ1) is 21.1. The zero-order valence-corrected chi connectivity index (χ0v) is 19.2. The number of anilines is 1. The Morgan fingerprint density at radius 3 is 2.63 bits per heavy atom. The number of piperazine rings is 1. The summed E-state index contributed by atoms with van der Waals surface area (Å²) in [5.41, 5.74) is 2.98. The first-order chi connectivity index (χ1) is 14.7. The average Bonchev–Trinajstić information content (AvgIpc) is 3.29. The Morgan fingerprint density at radius 1 is 1.17 bits per heavy atom. The molecule has 0 radical (unpaired) electrons. The molecular formula is C22H33N7S. The summed E-state index contributed by atoms with van der Waals surface area (Å²) >= 11 is 1.52. The van der Waals surface area contributed by atoms with Crippen LogP contribution in [0.3, 0.4) is 0 Å². The molecular weight excluding hydrogens is 394 g/mol. The van der Waals surface area contributed by atoms with Crippen molar-refractivity contribution in [2.75, 3.05) is 51.2 Å². The Bertz CT molecular complexity index is 857. The molecule has 7 nitrogen and oxygen atoms in total. The largest absolute Gasteiger partial charge is 0.355 e. The summed E-state index contributed by atoms with van der Waals surface area (Å²) in [5.74, 6) is 1.95. The second kappa shape index (κ2) is 9.75. The molecule has 4 rings (SSSR count). The van der Waals surface area contributed by atoms with E-state index in [1.54, 1.807) is 0 Å². The minimum Gasteiger partial charge on any atom is -0.355 e. The van der Waals surface area contributed by atoms with E-state index < -0.39 is 0 Å². The fraction of sp³-hybridized carbons (Fsp3) is 0.591. The number of nitrogens with one attached hydrogen (secondary N) is 1. The number of hydrogen-bond acceptors (Lipinski definition) is 6. The Labute approximate surface area is 184 Å². The van der Waals surface area contributed by atoms with Gasteiger partial charge in [0.15, 0.2) is 5.96 Å². The van der Waals surface area contributed by atoms with Gasteiger partial charge in [0.1, 0.15) is 5.82 Å². The van der Waals surface area contributed by atoms with E-state index in [1.807, 2.05) is 7.05 Å². The molecule has 0 amide bonds. The lowest BCUT2D eigenvalue weighted by molar-refractivity contribution is 0.190. The number of nitrogens with zero attached hydrogens (tertiary/aromatic N) is 6. The van der Waals surface area contributed by atoms with Crippen molar-refractivity contribution in [3.05, 3.63) is 41.2 Å². The Balaban J connectivity index is 1.26. The molecule has 1 saturated heterocycles. The highest BCUT2D eigenvalue weighted by atomic mass is 32.1. The lowest BCUT2D eigenvalue weighted by Crippen LogP contribution is -2.54. The van der Waals surface area contributed by atoms with Gasteiger partial charge in [-0.3, -0.25) is 9.89 Å². The highest BCUT2D eigenvalue weighted by molar-refractivity contribution is 7.09. The first-order valence-electron chi connectivity index (χ1n) is 11.0. The van der Waals surface area contributed by atoms with Crippen LogP contribution in [0.25, 0.3) is 0 Å². The van der Waals surface area contributed by atoms with Crippen LogP contribution in [-0.4, -0.2) is 77.5 Å². The predicted octanol–water partition coefficient (Wildman–Crippen LogP) is 2.24. The molecule has 1 unspecified atom stereocenters. The topological polar surface area (TPSA) is 59.9 Å². The summed E-state index contributed by atoms with van der Waals surface area (Å²) in [7, 11) is 1.88. The predicted molar refractivity (Wildman–Crippen MR) is 124 cm³/mol. The number of aliphatic imine (C=N–C) groups is 1. The molecule has 162 valence electrons. The van der Waals surface area contributed by atoms with E-state index in [9.17, 15) is 0 Å². The fourth-order valence-electron chi connectivity index (χ4n) is 4.22. The molecule has 2 aromatic rings. The Hall–Kier alpha value is -2.19. The monoisotopic (exact) mass is 427 g/mol. The minimum atomic E-state index is 0.463. The number of aryl methyl sites for hydroxylation is 1. The lowest BCUT2D eigenvalue weighted by atomic mass is 9.99. The molecule has 1 N–H and O–H groups in total. The molecule has 0 bridgehead atoms. The SMILES string of the molecule is CCc1nsc(N2CCN(C(=NC)NCC(C)N3CCc4ccccc4C3)CC2)n1. The maximum absolute atomic E-state index is 4.63. The number of rotatable bonds is 5. The summed E-state index contributed by atoms with van der Waals surface area (Å²) in [4.78, 5) is 16.5. The van der Waals surface area contributed by atoms with E-state index in [0.717, 1.165) is 75.6 Å². The van der Waals surface area contributed by atoms with Crippen molar-refractivity contribution in [3.8, 4) is 0 Å². The summed E-state index contributed by atoms with van der Waals surface area (Å²) < 4.78 is 4.42. The molecule has 1 aromatic carbocycles. The number of hydrogen-bond donors (Lipinski definition) is 1. The van der Waals surface area contributed by atoms with Gasteiger partial charge in [0.2, 0.25) is 5.13 Å². The number of fused-ring (bicyclic) bond motifs is 1. The van der Waals surface area contributed by atoms with Crippen molar-refractivity contribution in [1.82, 2.24) is 24.5 Å². The standard InChI is InChI=1S/C22H33N7S/c1-4-20-25-22(30-26-20)28-13-11-27(12-14-28)21(23-3)24-15-17(2)29-10-9-18-7-5-6-8-19(18)16-29/h5-8,17H,4,9-16H2,1-3H3,(H,23,24). The van der Waals surface area contributed by atoms with Crippen molar-refractivity contribution in [3.63, 3.8) is 0 Å². The van der Waals surface area contributed by atoms with Crippen molar-refractivity contribution in [2.45, 2.75) is 39.3 Å². The molecule has 1 atom stereocenters. The van der Waals surface area contributed by atoms with Crippen LogP contribution in [0.4, 0.5) is 5.13 Å². The van der Waals surface area contributed by atoms with Crippen LogP contribution < -0.4 is 10.2 Å². The van der Waals surface area contributed by atoms with Gasteiger partial charge < -0.3 is 15.1 Å². The van der Waals surface area contributed by atoms with E-state index >= 15 is 0 Å². The lowest BCUT2D eigenvalue weighted by Gasteiger charge is -2.37. The molecule has 0 aliphatic carbocycles. The van der Waals surface area contributed by atoms with E-state index in [-0.39, 0.29) is 0 Å². The third-order valence-electron chi connectivity index (χ3n) is 6.17. The van der Waals surface area contributed by atoms with E-state index in [2.05, 4.69) is 72.5 Å². The highest BCUT2D eigenvalue weighted by Gasteiger charge is 2.24. The van der Waals surface area contributed by atoms with Crippen LogP contribution in [0.1, 0.15) is 30.8 Å². The second-order valence-electron chi connectivity index (χ2n) is 8.09. The van der Waals surface area contributed by atoms with Crippen molar-refractivity contribution in [2.24, 2.45) is 4.99 Å². The van der Waals surface area contributed by atoms with Gasteiger partial charge >= 0.3 is 0 Å². The number of aromatic nitrogens is 2.